The Morgan fingerprint density at radius 1 is 1.32 bits per heavy atom. The Labute approximate surface area is 207 Å². The number of hydrogen-bond acceptors (Lipinski definition) is 7. The van der Waals surface area contributed by atoms with Crippen LogP contribution < -0.4 is 10.1 Å². The van der Waals surface area contributed by atoms with E-state index in [-0.39, 0.29) is 29.7 Å². The maximum atomic E-state index is 13.4. The minimum absolute atomic E-state index is 0.0303. The lowest BCUT2D eigenvalue weighted by atomic mass is 10.1. The number of anilines is 1. The van der Waals surface area contributed by atoms with Crippen LogP contribution in [0, 0.1) is 12.8 Å². The van der Waals surface area contributed by atoms with Crippen molar-refractivity contribution in [2.45, 2.75) is 41.3 Å². The molecule has 0 spiro atoms. The lowest BCUT2D eigenvalue weighted by Crippen LogP contribution is -2.40. The molecule has 3 amide bonds. The van der Waals surface area contributed by atoms with Gasteiger partial charge in [0.25, 0.3) is 5.91 Å². The van der Waals surface area contributed by atoms with Crippen LogP contribution in [0.3, 0.4) is 0 Å². The van der Waals surface area contributed by atoms with E-state index in [4.69, 9.17) is 4.74 Å². The molecule has 180 valence electrons. The second kappa shape index (κ2) is 10.2. The summed E-state index contributed by atoms with van der Waals surface area (Å²) in [6.45, 7) is 6.60. The number of aryl methyl sites for hydroxylation is 1. The van der Waals surface area contributed by atoms with Gasteiger partial charge in [-0.15, -0.1) is 0 Å². The number of rotatable bonds is 8. The molecule has 1 atom stereocenters. The number of nitrogens with one attached hydrogen (secondary N) is 1. The number of benzene rings is 1. The van der Waals surface area contributed by atoms with Gasteiger partial charge in [-0.05, 0) is 50.0 Å². The molecule has 1 aliphatic carbocycles. The van der Waals surface area contributed by atoms with E-state index in [1.165, 1.54) is 29.2 Å². The highest BCUT2D eigenvalue weighted by molar-refractivity contribution is 8.01. The third-order valence-electron chi connectivity index (χ3n) is 6.12. The first kappa shape index (κ1) is 24.3. The first-order valence-corrected chi connectivity index (χ1v) is 12.8. The van der Waals surface area contributed by atoms with Gasteiger partial charge in [0.05, 0.1) is 29.1 Å². The van der Waals surface area contributed by atoms with Crippen molar-refractivity contribution in [2.24, 2.45) is 5.92 Å². The Hall–Kier alpha value is -2.85. The summed E-state index contributed by atoms with van der Waals surface area (Å²) in [5.41, 5.74) is 1.44. The SMILES string of the molecule is C=CC(=O)N1CC[C@@H](N(C)C(=O)c2cc(Sc3cnc(NC(=O)C4CC4)s3)c(C)cc2OC)C1. The average Bonchev–Trinajstić information content (AvgIpc) is 3.42. The van der Waals surface area contributed by atoms with Crippen LogP contribution in [0.2, 0.25) is 0 Å². The van der Waals surface area contributed by atoms with E-state index in [1.807, 2.05) is 19.1 Å². The van der Waals surface area contributed by atoms with Gasteiger partial charge in [0, 0.05) is 31.0 Å². The molecule has 0 unspecified atom stereocenters. The van der Waals surface area contributed by atoms with Gasteiger partial charge in [-0.3, -0.25) is 14.4 Å². The van der Waals surface area contributed by atoms with E-state index in [2.05, 4.69) is 16.9 Å². The largest absolute Gasteiger partial charge is 0.496 e. The summed E-state index contributed by atoms with van der Waals surface area (Å²) in [5, 5.41) is 3.46. The van der Waals surface area contributed by atoms with Crippen molar-refractivity contribution in [1.29, 1.82) is 0 Å². The zero-order valence-electron chi connectivity index (χ0n) is 19.5. The predicted molar refractivity (Wildman–Crippen MR) is 133 cm³/mol. The number of amides is 3. The number of methoxy groups -OCH3 is 1. The molecule has 2 heterocycles. The minimum atomic E-state index is -0.154. The molecule has 2 fully saturated rings. The smallest absolute Gasteiger partial charge is 0.257 e. The molecular weight excluding hydrogens is 472 g/mol. The number of likely N-dealkylation sites (tertiary alicyclic amines) is 1. The van der Waals surface area contributed by atoms with Crippen LogP contribution in [0.4, 0.5) is 5.13 Å². The van der Waals surface area contributed by atoms with Crippen LogP contribution >= 0.6 is 23.1 Å². The Kier molecular flexibility index (Phi) is 7.27. The van der Waals surface area contributed by atoms with Crippen molar-refractivity contribution >= 4 is 46.0 Å². The number of likely N-dealkylation sites (N-methyl/N-ethyl adjacent to an activating group) is 1. The Balaban J connectivity index is 1.50. The minimum Gasteiger partial charge on any atom is -0.496 e. The van der Waals surface area contributed by atoms with E-state index < -0.39 is 0 Å². The Morgan fingerprint density at radius 3 is 2.76 bits per heavy atom. The second-order valence-electron chi connectivity index (χ2n) is 8.51. The molecule has 1 N–H and O–H groups in total. The molecule has 0 radical (unpaired) electrons. The number of ether oxygens (including phenoxy) is 1. The summed E-state index contributed by atoms with van der Waals surface area (Å²) < 4.78 is 6.44. The molecule has 1 aromatic heterocycles. The molecule has 1 aliphatic heterocycles. The molecule has 8 nitrogen and oxygen atoms in total. The molecular formula is C24H28N4O4S2. The Bertz CT molecular complexity index is 1130. The van der Waals surface area contributed by atoms with Crippen LogP contribution in [-0.2, 0) is 9.59 Å². The van der Waals surface area contributed by atoms with Crippen LogP contribution in [0.25, 0.3) is 0 Å². The Morgan fingerprint density at radius 2 is 2.09 bits per heavy atom. The average molecular weight is 501 g/mol. The van der Waals surface area contributed by atoms with Crippen LogP contribution in [-0.4, -0.2) is 65.8 Å². The fourth-order valence-corrected chi connectivity index (χ4v) is 5.82. The quantitative estimate of drug-likeness (QED) is 0.554. The number of carbonyl (C=O) groups is 3. The molecule has 1 saturated heterocycles. The summed E-state index contributed by atoms with van der Waals surface area (Å²) in [7, 11) is 3.31. The van der Waals surface area contributed by atoms with Gasteiger partial charge in [0.15, 0.2) is 5.13 Å². The fraction of sp³-hybridized carbons (Fsp3) is 0.417. The lowest BCUT2D eigenvalue weighted by molar-refractivity contribution is -0.125. The van der Waals surface area contributed by atoms with Crippen LogP contribution in [0.5, 0.6) is 5.75 Å². The molecule has 0 bridgehead atoms. The normalized spacial score (nSPS) is 17.4. The van der Waals surface area contributed by atoms with E-state index >= 15 is 0 Å². The number of thiazole rings is 1. The molecule has 34 heavy (non-hydrogen) atoms. The molecule has 10 heteroatoms. The molecule has 1 saturated carbocycles. The van der Waals surface area contributed by atoms with Crippen molar-refractivity contribution in [2.75, 3.05) is 32.6 Å². The van der Waals surface area contributed by atoms with E-state index in [0.717, 1.165) is 27.5 Å². The highest BCUT2D eigenvalue weighted by atomic mass is 32.2. The highest BCUT2D eigenvalue weighted by Gasteiger charge is 2.32. The van der Waals surface area contributed by atoms with Crippen molar-refractivity contribution in [3.05, 3.63) is 42.1 Å². The van der Waals surface area contributed by atoms with E-state index in [9.17, 15) is 14.4 Å². The summed E-state index contributed by atoms with van der Waals surface area (Å²) in [4.78, 5) is 46.0. The van der Waals surface area contributed by atoms with E-state index in [0.29, 0.717) is 36.0 Å². The lowest BCUT2D eigenvalue weighted by Gasteiger charge is -2.26. The standard InChI is InChI=1S/C24H28N4O4S2/c1-5-20(29)28-9-8-16(13-28)27(3)23(31)17-11-19(14(2)10-18(17)32-4)33-21-12-25-24(34-21)26-22(30)15-6-7-15/h5,10-12,15-16H,1,6-9,13H2,2-4H3,(H,25,26,30)/t16-/m1/s1. The van der Waals surface area contributed by atoms with Crippen molar-refractivity contribution < 1.29 is 19.1 Å². The maximum absolute atomic E-state index is 13.4. The topological polar surface area (TPSA) is 91.8 Å². The van der Waals surface area contributed by atoms with Gasteiger partial charge in [0.2, 0.25) is 11.8 Å². The maximum Gasteiger partial charge on any atom is 0.257 e. The van der Waals surface area contributed by atoms with Crippen molar-refractivity contribution in [3.63, 3.8) is 0 Å². The first-order chi connectivity index (χ1) is 16.3. The van der Waals surface area contributed by atoms with Gasteiger partial charge in [0.1, 0.15) is 5.75 Å². The van der Waals surface area contributed by atoms with Crippen LogP contribution in [0.15, 0.2) is 40.1 Å². The summed E-state index contributed by atoms with van der Waals surface area (Å²) in [6, 6.07) is 3.64. The summed E-state index contributed by atoms with van der Waals surface area (Å²) >= 11 is 2.92. The second-order valence-corrected chi connectivity index (χ2v) is 10.9. The molecule has 4 rings (SSSR count). The highest BCUT2D eigenvalue weighted by Crippen LogP contribution is 2.39. The third kappa shape index (κ3) is 5.28. The van der Waals surface area contributed by atoms with Crippen molar-refractivity contribution in [3.8, 4) is 5.75 Å². The van der Waals surface area contributed by atoms with Crippen molar-refractivity contribution in [1.82, 2.24) is 14.8 Å². The number of aromatic nitrogens is 1. The van der Waals surface area contributed by atoms with Gasteiger partial charge in [-0.2, -0.15) is 0 Å². The fourth-order valence-electron chi connectivity index (χ4n) is 3.88. The van der Waals surface area contributed by atoms with Gasteiger partial charge < -0.3 is 19.9 Å². The molecule has 2 aromatic rings. The van der Waals surface area contributed by atoms with Crippen LogP contribution in [0.1, 0.15) is 35.2 Å². The number of hydrogen-bond donors (Lipinski definition) is 1. The molecule has 2 aliphatic rings. The van der Waals surface area contributed by atoms with Gasteiger partial charge in [-0.1, -0.05) is 29.7 Å². The van der Waals surface area contributed by atoms with Gasteiger partial charge >= 0.3 is 0 Å². The summed E-state index contributed by atoms with van der Waals surface area (Å²) in [6.07, 6.45) is 5.64. The summed E-state index contributed by atoms with van der Waals surface area (Å²) in [5.74, 6) is 0.391. The number of nitrogens with zero attached hydrogens (tertiary/aromatic N) is 3. The zero-order valence-corrected chi connectivity index (χ0v) is 21.1. The van der Waals surface area contributed by atoms with Gasteiger partial charge in [-0.25, -0.2) is 4.98 Å². The zero-order chi connectivity index (χ0) is 24.4. The van der Waals surface area contributed by atoms with E-state index in [1.54, 1.807) is 30.2 Å². The third-order valence-corrected chi connectivity index (χ3v) is 8.29. The monoisotopic (exact) mass is 500 g/mol. The first-order valence-electron chi connectivity index (χ1n) is 11.1. The number of carbonyl (C=O) groups excluding carboxylic acids is 3. The predicted octanol–water partition coefficient (Wildman–Crippen LogP) is 3.82. The molecule has 1 aromatic carbocycles.